The van der Waals surface area contributed by atoms with Crippen LogP contribution in [0.3, 0.4) is 0 Å². The number of hydrogen-bond acceptors (Lipinski definition) is 3. The van der Waals surface area contributed by atoms with Crippen LogP contribution in [0.1, 0.15) is 20.9 Å². The van der Waals surface area contributed by atoms with Crippen molar-refractivity contribution in [3.63, 3.8) is 0 Å². The van der Waals surface area contributed by atoms with E-state index in [1.54, 1.807) is 23.5 Å². The molecule has 0 spiro atoms. The van der Waals surface area contributed by atoms with Crippen molar-refractivity contribution in [1.29, 1.82) is 0 Å². The van der Waals surface area contributed by atoms with Gasteiger partial charge in [-0.05, 0) is 31.2 Å². The van der Waals surface area contributed by atoms with Crippen LogP contribution in [0, 0.1) is 13.8 Å². The van der Waals surface area contributed by atoms with Gasteiger partial charge in [0.05, 0.1) is 4.88 Å². The first-order valence-electron chi connectivity index (χ1n) is 5.34. The number of carbonyl (C=O) groups is 1. The largest absolute Gasteiger partial charge is 1.00 e. The molecular weight excluding hydrogens is 394 g/mol. The van der Waals surface area contributed by atoms with E-state index in [4.69, 9.17) is 5.11 Å². The number of aromatic nitrogens is 1. The van der Waals surface area contributed by atoms with E-state index in [1.165, 1.54) is 17.0 Å². The van der Waals surface area contributed by atoms with Gasteiger partial charge in [0, 0.05) is 12.5 Å². The van der Waals surface area contributed by atoms with Crippen molar-refractivity contribution in [3.8, 4) is 5.75 Å². The molecule has 104 valence electrons. The van der Waals surface area contributed by atoms with Gasteiger partial charge in [0.15, 0.2) is 5.69 Å². The maximum absolute atomic E-state index is 12.0. The zero-order valence-corrected chi connectivity index (χ0v) is 14.7. The van der Waals surface area contributed by atoms with E-state index >= 15 is 0 Å². The molecule has 1 aromatic heterocycles. The first kappa shape index (κ1) is 18.3. The smallest absolute Gasteiger partial charge is 0.227 e. The Bertz CT molecular complexity index is 552. The molecule has 0 unspecified atom stereocenters. The lowest BCUT2D eigenvalue weighted by Crippen LogP contribution is -3.00. The molecule has 2 rings (SSSR count). The Balaban J connectivity index is 0.00000162. The third-order valence-corrected chi connectivity index (χ3v) is 3.81. The minimum atomic E-state index is 0. The summed E-state index contributed by atoms with van der Waals surface area (Å²) in [5.41, 5.74) is 3.71. The quantitative estimate of drug-likeness (QED) is 0.565. The lowest BCUT2D eigenvalue weighted by Gasteiger charge is -1.98. The Morgan fingerprint density at radius 1 is 1.26 bits per heavy atom. The Morgan fingerprint density at radius 3 is 2.32 bits per heavy atom. The molecule has 0 bridgehead atoms. The zero-order valence-electron chi connectivity index (χ0n) is 10.6. The molecule has 19 heavy (non-hydrogen) atoms. The molecular formula is C13H15Br2NO2S. The number of phenolic OH excluding ortho intramolecular Hbond substituents is 1. The summed E-state index contributed by atoms with van der Waals surface area (Å²) in [6, 6.07) is 6.35. The van der Waals surface area contributed by atoms with Crippen LogP contribution in [-0.4, -0.2) is 10.9 Å². The predicted octanol–water partition coefficient (Wildman–Crippen LogP) is -0.177. The Morgan fingerprint density at radius 2 is 1.84 bits per heavy atom. The summed E-state index contributed by atoms with van der Waals surface area (Å²) in [5.74, 6) is 0.229. The summed E-state index contributed by atoms with van der Waals surface area (Å²) in [6.07, 6.45) is 0. The number of aryl methyl sites for hydroxylation is 1. The third-order valence-electron chi connectivity index (χ3n) is 2.80. The lowest BCUT2D eigenvalue weighted by atomic mass is 10.1. The number of benzene rings is 1. The normalized spacial score (nSPS) is 9.37. The van der Waals surface area contributed by atoms with E-state index in [0.29, 0.717) is 12.1 Å². The molecule has 6 heteroatoms. The number of hydrogen-bond donors (Lipinski definition) is 1. The number of phenols is 1. The molecule has 3 nitrogen and oxygen atoms in total. The standard InChI is InChI=1S/C13H13NO2S.2BrH/c1-9-10(2)17-8-14(9)7-13(16)11-3-5-12(15)6-4-11;;/h3-6,8H,7H2,1-2H3;2*1H. The van der Waals surface area contributed by atoms with Crippen molar-refractivity contribution in [2.24, 2.45) is 0 Å². The highest BCUT2D eigenvalue weighted by Gasteiger charge is 2.17. The summed E-state index contributed by atoms with van der Waals surface area (Å²) in [7, 11) is 0. The van der Waals surface area contributed by atoms with E-state index in [2.05, 4.69) is 0 Å². The zero-order chi connectivity index (χ0) is 12.4. The first-order chi connectivity index (χ1) is 8.08. The van der Waals surface area contributed by atoms with E-state index in [1.807, 2.05) is 23.9 Å². The summed E-state index contributed by atoms with van der Waals surface area (Å²) in [6.45, 7) is 4.40. The summed E-state index contributed by atoms with van der Waals surface area (Å²) >= 11 is 1.64. The van der Waals surface area contributed by atoms with Gasteiger partial charge in [-0.15, -0.1) is 17.0 Å². The van der Waals surface area contributed by atoms with Crippen LogP contribution in [-0.2, 0) is 6.54 Å². The molecule has 1 aromatic carbocycles. The maximum Gasteiger partial charge on any atom is 0.227 e. The molecule has 0 aliphatic heterocycles. The summed E-state index contributed by atoms with van der Waals surface area (Å²) in [5, 5.41) is 9.16. The van der Waals surface area contributed by atoms with Crippen LogP contribution in [0.4, 0.5) is 0 Å². The number of aromatic hydroxyl groups is 1. The molecule has 0 aliphatic rings. The fourth-order valence-electron chi connectivity index (χ4n) is 1.56. The second-order valence-electron chi connectivity index (χ2n) is 3.96. The van der Waals surface area contributed by atoms with Crippen LogP contribution >= 0.6 is 28.3 Å². The highest BCUT2D eigenvalue weighted by molar-refractivity contribution is 8.93. The van der Waals surface area contributed by atoms with Gasteiger partial charge in [-0.25, -0.2) is 0 Å². The minimum absolute atomic E-state index is 0. The number of thiazole rings is 1. The third kappa shape index (κ3) is 4.40. The second kappa shape index (κ2) is 7.77. The van der Waals surface area contributed by atoms with E-state index in [0.717, 1.165) is 5.69 Å². The van der Waals surface area contributed by atoms with Crippen molar-refractivity contribution in [3.05, 3.63) is 45.9 Å². The van der Waals surface area contributed by atoms with Crippen molar-refractivity contribution < 1.29 is 31.4 Å². The Labute approximate surface area is 137 Å². The average molecular weight is 409 g/mol. The van der Waals surface area contributed by atoms with Crippen molar-refractivity contribution in [2.75, 3.05) is 0 Å². The van der Waals surface area contributed by atoms with Crippen LogP contribution in [0.15, 0.2) is 29.8 Å². The fraction of sp³-hybridized carbons (Fsp3) is 0.231. The molecule has 0 atom stereocenters. The number of nitrogens with zero attached hydrogens (tertiary/aromatic N) is 1. The van der Waals surface area contributed by atoms with Crippen molar-refractivity contribution >= 4 is 34.1 Å². The lowest BCUT2D eigenvalue weighted by molar-refractivity contribution is -0.684. The van der Waals surface area contributed by atoms with E-state index in [9.17, 15) is 4.79 Å². The number of Topliss-reactive ketones (excluding diaryl/α,β-unsaturated/α-hetero) is 1. The molecule has 0 amide bonds. The van der Waals surface area contributed by atoms with Gasteiger partial charge >= 0.3 is 0 Å². The predicted molar refractivity (Wildman–Crippen MR) is 76.7 cm³/mol. The van der Waals surface area contributed by atoms with E-state index < -0.39 is 0 Å². The molecule has 2 aromatic rings. The summed E-state index contributed by atoms with van der Waals surface area (Å²) in [4.78, 5) is 13.2. The van der Waals surface area contributed by atoms with Crippen LogP contribution in [0.2, 0.25) is 0 Å². The van der Waals surface area contributed by atoms with Gasteiger partial charge in [0.25, 0.3) is 0 Å². The first-order valence-corrected chi connectivity index (χ1v) is 6.22. The van der Waals surface area contributed by atoms with Gasteiger partial charge in [0.1, 0.15) is 5.75 Å². The number of carbonyl (C=O) groups excluding carboxylic acids is 1. The molecule has 0 aliphatic carbocycles. The number of ketones is 1. The monoisotopic (exact) mass is 407 g/mol. The Kier molecular flexibility index (Phi) is 7.47. The van der Waals surface area contributed by atoms with Crippen molar-refractivity contribution in [1.82, 2.24) is 0 Å². The van der Waals surface area contributed by atoms with Crippen LogP contribution in [0.5, 0.6) is 5.75 Å². The Hall–Kier alpha value is -0.720. The van der Waals surface area contributed by atoms with Crippen molar-refractivity contribution in [2.45, 2.75) is 20.4 Å². The topological polar surface area (TPSA) is 41.2 Å². The van der Waals surface area contributed by atoms with Gasteiger partial charge in [0.2, 0.25) is 17.8 Å². The van der Waals surface area contributed by atoms with Gasteiger partial charge in [-0.1, -0.05) is 11.3 Å². The van der Waals surface area contributed by atoms with Crippen LogP contribution in [0.25, 0.3) is 0 Å². The fourth-order valence-corrected chi connectivity index (χ4v) is 2.36. The molecule has 0 radical (unpaired) electrons. The molecule has 1 N–H and O–H groups in total. The van der Waals surface area contributed by atoms with E-state index in [-0.39, 0.29) is 45.5 Å². The van der Waals surface area contributed by atoms with Gasteiger partial charge in [-0.2, -0.15) is 4.57 Å². The molecule has 0 saturated carbocycles. The molecule has 0 saturated heterocycles. The van der Waals surface area contributed by atoms with Crippen LogP contribution < -0.4 is 21.5 Å². The highest BCUT2D eigenvalue weighted by Crippen LogP contribution is 2.11. The number of rotatable bonds is 3. The van der Waals surface area contributed by atoms with Gasteiger partial charge in [-0.3, -0.25) is 4.79 Å². The molecule has 1 heterocycles. The average Bonchev–Trinajstić information content (AvgIpc) is 2.62. The molecule has 0 fully saturated rings. The maximum atomic E-state index is 12.0. The highest BCUT2D eigenvalue weighted by atomic mass is 79.9. The number of halogens is 2. The SMILES string of the molecule is Br.Cc1sc[n+](CC(=O)c2ccc(O)cc2)c1C.[Br-]. The second-order valence-corrected chi connectivity index (χ2v) is 5.02. The summed E-state index contributed by atoms with van der Waals surface area (Å²) < 4.78 is 1.95. The minimum Gasteiger partial charge on any atom is -1.00 e. The van der Waals surface area contributed by atoms with Gasteiger partial charge < -0.3 is 22.1 Å².